The van der Waals surface area contributed by atoms with Crippen molar-refractivity contribution < 1.29 is 31.9 Å². The summed E-state index contributed by atoms with van der Waals surface area (Å²) in [6.07, 6.45) is 0. The predicted octanol–water partition coefficient (Wildman–Crippen LogP) is 4.23. The van der Waals surface area contributed by atoms with Crippen molar-refractivity contribution in [2.45, 2.75) is 38.3 Å². The van der Waals surface area contributed by atoms with Crippen LogP contribution >= 0.6 is 0 Å². The predicted molar refractivity (Wildman–Crippen MR) is 155 cm³/mol. The van der Waals surface area contributed by atoms with Crippen molar-refractivity contribution in [3.05, 3.63) is 84.2 Å². The Morgan fingerprint density at radius 2 is 1.59 bits per heavy atom. The van der Waals surface area contributed by atoms with Crippen molar-refractivity contribution in [2.75, 3.05) is 31.6 Å². The number of hydrogen-bond donors (Lipinski definition) is 1. The maximum absolute atomic E-state index is 14.7. The summed E-state index contributed by atoms with van der Waals surface area (Å²) in [5.41, 5.74) is 0.243. The van der Waals surface area contributed by atoms with Gasteiger partial charge in [-0.05, 0) is 43.2 Å². The van der Waals surface area contributed by atoms with Gasteiger partial charge in [0.15, 0.2) is 0 Å². The zero-order valence-corrected chi connectivity index (χ0v) is 24.7. The van der Waals surface area contributed by atoms with E-state index in [0.717, 1.165) is 4.31 Å². The molecular formula is C30H36FN3O6S. The van der Waals surface area contributed by atoms with E-state index < -0.39 is 40.2 Å². The van der Waals surface area contributed by atoms with Crippen LogP contribution in [0.2, 0.25) is 0 Å². The maximum Gasteiger partial charge on any atom is 0.264 e. The molecule has 0 saturated heterocycles. The minimum Gasteiger partial charge on any atom is -0.497 e. The lowest BCUT2D eigenvalue weighted by molar-refractivity contribution is -0.139. The standard InChI is InChI=1S/C30H36FN3O6S/c1-21(2)18-32-30(36)22(3)33(19-23-11-9-10-14-26(23)31)29(35)20-34(41(37,38)25-12-7-6-8-13-25)27-17-24(39-4)15-16-28(27)40-5/h6-17,21-22H,18-20H2,1-5H3,(H,32,36)/t22-/m0/s1. The van der Waals surface area contributed by atoms with Gasteiger partial charge in [-0.2, -0.15) is 0 Å². The van der Waals surface area contributed by atoms with E-state index >= 15 is 0 Å². The number of rotatable bonds is 13. The number of sulfonamides is 1. The molecule has 0 aliphatic heterocycles. The molecule has 3 aromatic rings. The second kappa shape index (κ2) is 14.0. The second-order valence-corrected chi connectivity index (χ2v) is 11.7. The molecule has 1 N–H and O–H groups in total. The minimum absolute atomic E-state index is 0.0546. The number of carbonyl (C=O) groups is 2. The van der Waals surface area contributed by atoms with E-state index in [4.69, 9.17) is 9.47 Å². The van der Waals surface area contributed by atoms with Crippen molar-refractivity contribution in [1.82, 2.24) is 10.2 Å². The molecule has 3 rings (SSSR count). The van der Waals surface area contributed by atoms with Gasteiger partial charge in [-0.1, -0.05) is 50.2 Å². The van der Waals surface area contributed by atoms with Gasteiger partial charge in [0, 0.05) is 24.7 Å². The van der Waals surface area contributed by atoms with Crippen LogP contribution in [0.25, 0.3) is 0 Å². The van der Waals surface area contributed by atoms with Gasteiger partial charge in [0.1, 0.15) is 29.9 Å². The average Bonchev–Trinajstić information content (AvgIpc) is 2.97. The van der Waals surface area contributed by atoms with Crippen LogP contribution in [0.3, 0.4) is 0 Å². The van der Waals surface area contributed by atoms with Crippen LogP contribution in [0.4, 0.5) is 10.1 Å². The Morgan fingerprint density at radius 1 is 0.927 bits per heavy atom. The molecular weight excluding hydrogens is 549 g/mol. The van der Waals surface area contributed by atoms with E-state index in [0.29, 0.717) is 12.3 Å². The molecule has 220 valence electrons. The molecule has 0 unspecified atom stereocenters. The summed E-state index contributed by atoms with van der Waals surface area (Å²) >= 11 is 0. The van der Waals surface area contributed by atoms with Gasteiger partial charge in [-0.3, -0.25) is 13.9 Å². The van der Waals surface area contributed by atoms with Crippen molar-refractivity contribution >= 4 is 27.5 Å². The van der Waals surface area contributed by atoms with Crippen LogP contribution in [-0.2, 0) is 26.2 Å². The molecule has 0 aromatic heterocycles. The average molecular weight is 586 g/mol. The highest BCUT2D eigenvalue weighted by Gasteiger charge is 2.34. The number of hydrogen-bond acceptors (Lipinski definition) is 6. The van der Waals surface area contributed by atoms with Crippen LogP contribution in [0, 0.1) is 11.7 Å². The summed E-state index contributed by atoms with van der Waals surface area (Å²) in [4.78, 5) is 28.2. The molecule has 3 aromatic carbocycles. The lowest BCUT2D eigenvalue weighted by Crippen LogP contribution is -2.51. The molecule has 0 aliphatic carbocycles. The first-order chi connectivity index (χ1) is 19.5. The summed E-state index contributed by atoms with van der Waals surface area (Å²) in [6, 6.07) is 17.1. The number of benzene rings is 3. The molecule has 0 bridgehead atoms. The van der Waals surface area contributed by atoms with Crippen molar-refractivity contribution in [1.29, 1.82) is 0 Å². The number of carbonyl (C=O) groups excluding carboxylic acids is 2. The molecule has 0 radical (unpaired) electrons. The SMILES string of the molecule is COc1ccc(OC)c(N(CC(=O)N(Cc2ccccc2F)[C@@H](C)C(=O)NCC(C)C)S(=O)(=O)c2ccccc2)c1. The number of ether oxygens (including phenoxy) is 2. The monoisotopic (exact) mass is 585 g/mol. The third kappa shape index (κ3) is 7.75. The highest BCUT2D eigenvalue weighted by atomic mass is 32.2. The van der Waals surface area contributed by atoms with Gasteiger partial charge in [0.25, 0.3) is 10.0 Å². The third-order valence-corrected chi connectivity index (χ3v) is 8.19. The van der Waals surface area contributed by atoms with E-state index in [1.165, 1.54) is 68.5 Å². The Labute approximate surface area is 240 Å². The van der Waals surface area contributed by atoms with Crippen molar-refractivity contribution in [2.24, 2.45) is 5.92 Å². The van der Waals surface area contributed by atoms with Gasteiger partial charge < -0.3 is 19.7 Å². The molecule has 0 spiro atoms. The number of nitrogens with one attached hydrogen (secondary N) is 1. The summed E-state index contributed by atoms with van der Waals surface area (Å²) < 4.78 is 54.3. The minimum atomic E-state index is -4.31. The quantitative estimate of drug-likeness (QED) is 0.322. The van der Waals surface area contributed by atoms with E-state index in [2.05, 4.69) is 5.32 Å². The van der Waals surface area contributed by atoms with Gasteiger partial charge >= 0.3 is 0 Å². The lowest BCUT2D eigenvalue weighted by Gasteiger charge is -2.32. The number of methoxy groups -OCH3 is 2. The van der Waals surface area contributed by atoms with Gasteiger partial charge in [-0.25, -0.2) is 12.8 Å². The summed E-state index contributed by atoms with van der Waals surface area (Å²) in [7, 11) is -1.50. The summed E-state index contributed by atoms with van der Waals surface area (Å²) in [5.74, 6) is -1.03. The molecule has 1 atom stereocenters. The summed E-state index contributed by atoms with van der Waals surface area (Å²) in [6.45, 7) is 4.81. The lowest BCUT2D eigenvalue weighted by atomic mass is 10.1. The van der Waals surface area contributed by atoms with Crippen molar-refractivity contribution in [3.8, 4) is 11.5 Å². The van der Waals surface area contributed by atoms with Crippen LogP contribution in [0.15, 0.2) is 77.7 Å². The number of nitrogens with zero attached hydrogens (tertiary/aromatic N) is 2. The first-order valence-electron chi connectivity index (χ1n) is 13.1. The van der Waals surface area contributed by atoms with Crippen LogP contribution in [0.5, 0.6) is 11.5 Å². The van der Waals surface area contributed by atoms with Gasteiger partial charge in [0.2, 0.25) is 11.8 Å². The fourth-order valence-corrected chi connectivity index (χ4v) is 5.51. The second-order valence-electron chi connectivity index (χ2n) is 9.79. The Kier molecular flexibility index (Phi) is 10.7. The first-order valence-corrected chi connectivity index (χ1v) is 14.5. The van der Waals surface area contributed by atoms with Crippen LogP contribution < -0.4 is 19.1 Å². The molecule has 0 saturated carbocycles. The highest BCUT2D eigenvalue weighted by molar-refractivity contribution is 7.92. The number of halogens is 1. The van der Waals surface area contributed by atoms with Crippen LogP contribution in [-0.4, -0.2) is 58.5 Å². The fourth-order valence-electron chi connectivity index (χ4n) is 4.07. The van der Waals surface area contributed by atoms with E-state index in [1.807, 2.05) is 13.8 Å². The molecule has 2 amide bonds. The normalized spacial score (nSPS) is 12.0. The zero-order chi connectivity index (χ0) is 30.2. The van der Waals surface area contributed by atoms with Gasteiger partial charge in [0.05, 0.1) is 24.8 Å². The van der Waals surface area contributed by atoms with Crippen LogP contribution in [0.1, 0.15) is 26.3 Å². The molecule has 9 nitrogen and oxygen atoms in total. The topological polar surface area (TPSA) is 105 Å². The Morgan fingerprint density at radius 3 is 2.20 bits per heavy atom. The number of amides is 2. The molecule has 11 heteroatoms. The van der Waals surface area contributed by atoms with E-state index in [1.54, 1.807) is 30.3 Å². The molecule has 0 heterocycles. The van der Waals surface area contributed by atoms with E-state index in [9.17, 15) is 22.4 Å². The number of anilines is 1. The molecule has 41 heavy (non-hydrogen) atoms. The molecule has 0 fully saturated rings. The highest BCUT2D eigenvalue weighted by Crippen LogP contribution is 2.36. The largest absolute Gasteiger partial charge is 0.497 e. The zero-order valence-electron chi connectivity index (χ0n) is 23.8. The Bertz CT molecular complexity index is 1450. The van der Waals surface area contributed by atoms with Crippen molar-refractivity contribution in [3.63, 3.8) is 0 Å². The smallest absolute Gasteiger partial charge is 0.264 e. The maximum atomic E-state index is 14.7. The summed E-state index contributed by atoms with van der Waals surface area (Å²) in [5, 5.41) is 2.80. The Balaban J connectivity index is 2.10. The first kappa shape index (κ1) is 31.4. The third-order valence-electron chi connectivity index (χ3n) is 6.42. The van der Waals surface area contributed by atoms with E-state index in [-0.39, 0.29) is 34.4 Å². The van der Waals surface area contributed by atoms with Gasteiger partial charge in [-0.15, -0.1) is 0 Å². The molecule has 0 aliphatic rings. The fraction of sp³-hybridized carbons (Fsp3) is 0.333. The Hall–Kier alpha value is -4.12.